The molecule has 754 valence electrons. The SMILES string of the molecule is CC(C)[C@@H]1N(c2ccnc(N[C@@H](C)c3cn(-c4ccc(C(F)(F)F)cc4)cn3)n2)C(=O)N(C)C12COC2.CC(C)[C@@H]1N(c2ccnc(N[C@@H](C)c3cn(-c4ccc(C(F)(F)F)cc4)cn3)n2)C(=O)NC12COC2.CC(C)[C@@H]1N(c2ccnc(N[C@@H](C)c3cn(-c4ccc(Cl)cc4)cn3)n2)C(=O)NC12COC2.[2H]C([2H])([2H])N1C(=O)N(c2ccnc(N[C@@H](C)c3cn(-c4ccc(C(F)(F)F)cc4)cn3)n2)[C@@H](C(C)C)C12COC2. The summed E-state index contributed by atoms with van der Waals surface area (Å²) in [5.41, 5.74) is 1.01. The fourth-order valence-electron chi connectivity index (χ4n) is 19.4. The fourth-order valence-corrected chi connectivity index (χ4v) is 19.5. The average Bonchev–Trinajstić information content (AvgIpc) is 1.53. The number of likely N-dealkylation sites (N-methyl/N-ethyl adjacent to an activating group) is 2. The van der Waals surface area contributed by atoms with Crippen LogP contribution in [0, 0.1) is 23.7 Å². The molecule has 6 N–H and O–H groups in total. The largest absolute Gasteiger partial charge is 0.416 e. The summed E-state index contributed by atoms with van der Waals surface area (Å²) in [4.78, 5) is 115. The Bertz CT molecular complexity index is 6680. The molecule has 20 rings (SSSR count). The summed E-state index contributed by atoms with van der Waals surface area (Å²) in [6.45, 7) is 24.4. The number of rotatable bonds is 24. The molecule has 16 heterocycles. The number of amides is 8. The molecule has 46 heteroatoms. The lowest BCUT2D eigenvalue weighted by molar-refractivity contribution is -0.138. The number of urea groups is 4. The standard InChI is InChI=1S/2C25H28F3N7O2.C24H26F3N7O2.C23H26ClN7O2/c2*1-15(2)21-24(12-37-13-24)33(4)23(36)35(21)20-9-10-29-22(32-20)31-16(3)19-11-34(14-30-19)18-7-5-17(6-8-18)25(26,27)28;1-14(2)20-23(11-36-12-23)32-22(35)34(20)19-8-9-28-21(31-19)30-15(3)18-10-33(13-29-18)17-6-4-16(5-7-17)24(25,26)27;1-14(2)20-23(11-33-12-23)29-22(32)31(20)19-8-9-25-21(28-19)27-15(3)18-10-30(13-26-18)17-6-4-16(24)5-7-17/h2*5-11,14-16,21H,12-13H2,1-4H3,(H,29,31,32);4-10,13-15,20H,11-12H2,1-3H3,(H,32,35)(H,28,30,31);4-10,13-15,20H,11-12H2,1-3H3,(H,29,32)(H,25,27,28)/t2*16-,21-;2*15-,20-/m0000/s1/i4D3;;;. The zero-order chi connectivity index (χ0) is 104. The first-order chi connectivity index (χ1) is 69.2. The van der Waals surface area contributed by atoms with E-state index in [1.165, 1.54) is 60.1 Å². The van der Waals surface area contributed by atoms with Gasteiger partial charge in [0.1, 0.15) is 45.4 Å². The van der Waals surface area contributed by atoms with Crippen LogP contribution in [-0.4, -0.2) is 225 Å². The topological polar surface area (TPSA) is 371 Å². The van der Waals surface area contributed by atoms with E-state index < -0.39 is 71.4 Å². The highest BCUT2D eigenvalue weighted by Crippen LogP contribution is 2.47. The third-order valence-electron chi connectivity index (χ3n) is 26.6. The Balaban J connectivity index is 0.000000133. The van der Waals surface area contributed by atoms with E-state index in [0.717, 1.165) is 52.7 Å². The number of hydrogen-bond acceptors (Lipinski definition) is 24. The maximum atomic E-state index is 13.5. The Labute approximate surface area is 826 Å². The lowest BCUT2D eigenvalue weighted by Crippen LogP contribution is -2.65. The normalized spacial score (nSPS) is 20.4. The number of aromatic nitrogens is 16. The zero-order valence-electron chi connectivity index (χ0n) is 82.9. The van der Waals surface area contributed by atoms with Crippen molar-refractivity contribution >= 4 is 82.8 Å². The highest BCUT2D eigenvalue weighted by molar-refractivity contribution is 6.30. The Morgan fingerprint density at radius 1 is 0.357 bits per heavy atom. The summed E-state index contributed by atoms with van der Waals surface area (Å²) in [6, 6.07) is 25.7. The van der Waals surface area contributed by atoms with E-state index in [0.29, 0.717) is 114 Å². The van der Waals surface area contributed by atoms with Gasteiger partial charge in [0.15, 0.2) is 0 Å². The summed E-state index contributed by atoms with van der Waals surface area (Å²) in [5.74, 6) is 3.56. The number of carbonyl (C=O) groups excluding carboxylic acids is 4. The number of anilines is 8. The molecule has 4 aromatic carbocycles. The maximum absolute atomic E-state index is 13.5. The number of ether oxygens (including phenoxy) is 4. The van der Waals surface area contributed by atoms with Crippen LogP contribution in [0.1, 0.15) is 151 Å². The van der Waals surface area contributed by atoms with Crippen molar-refractivity contribution < 1.29 is 81.8 Å². The van der Waals surface area contributed by atoms with Crippen molar-refractivity contribution in [3.63, 3.8) is 0 Å². The molecule has 0 bridgehead atoms. The third-order valence-corrected chi connectivity index (χ3v) is 26.8. The summed E-state index contributed by atoms with van der Waals surface area (Å²) in [7, 11) is 1.80. The van der Waals surface area contributed by atoms with Gasteiger partial charge in [-0.05, 0) is 173 Å². The molecular weight excluding hydrogens is 1890 g/mol. The minimum Gasteiger partial charge on any atom is -0.376 e. The molecule has 0 unspecified atom stereocenters. The van der Waals surface area contributed by atoms with E-state index in [1.54, 1.807) is 114 Å². The van der Waals surface area contributed by atoms with Crippen LogP contribution < -0.4 is 51.5 Å². The lowest BCUT2D eigenvalue weighted by Gasteiger charge is -2.47. The van der Waals surface area contributed by atoms with E-state index in [2.05, 4.69) is 133 Å². The molecule has 8 aliphatic rings. The summed E-state index contributed by atoms with van der Waals surface area (Å²) in [5, 5.41) is 19.7. The number of imidazole rings is 4. The maximum Gasteiger partial charge on any atom is 0.416 e. The second-order valence-corrected chi connectivity index (χ2v) is 38.3. The number of hydrogen-bond donors (Lipinski definition) is 6. The molecule has 8 saturated heterocycles. The Morgan fingerprint density at radius 3 is 0.846 bits per heavy atom. The first-order valence-corrected chi connectivity index (χ1v) is 46.6. The predicted octanol–water partition coefficient (Wildman–Crippen LogP) is 17.0. The molecule has 8 atom stereocenters. The molecule has 36 nitrogen and oxygen atoms in total. The van der Waals surface area contributed by atoms with Crippen LogP contribution in [0.4, 0.5) is 106 Å². The second-order valence-electron chi connectivity index (χ2n) is 37.9. The van der Waals surface area contributed by atoms with Crippen molar-refractivity contribution in [2.75, 3.05) is 108 Å². The number of nitrogens with zero attached hydrogens (tertiary/aromatic N) is 22. The first-order valence-electron chi connectivity index (χ1n) is 47.7. The van der Waals surface area contributed by atoms with Crippen LogP contribution in [0.25, 0.3) is 22.7 Å². The molecule has 8 aliphatic heterocycles. The Hall–Kier alpha value is -14.2. The quantitative estimate of drug-likeness (QED) is 0.0306. The third kappa shape index (κ3) is 20.0. The van der Waals surface area contributed by atoms with Gasteiger partial charge >= 0.3 is 42.7 Å². The van der Waals surface area contributed by atoms with Crippen LogP contribution in [0.2, 0.25) is 5.02 Å². The molecule has 143 heavy (non-hydrogen) atoms. The van der Waals surface area contributed by atoms with Gasteiger partial charge < -0.3 is 78.9 Å². The fraction of sp³-hybridized carbons (Fsp3) is 0.423. The van der Waals surface area contributed by atoms with Crippen molar-refractivity contribution in [3.05, 3.63) is 241 Å². The number of halogens is 10. The van der Waals surface area contributed by atoms with Gasteiger partial charge in [-0.3, -0.25) is 19.6 Å². The molecule has 8 aromatic heterocycles. The van der Waals surface area contributed by atoms with Gasteiger partial charge in [-0.25, -0.2) is 59.0 Å². The van der Waals surface area contributed by atoms with Gasteiger partial charge in [-0.2, -0.15) is 59.4 Å². The van der Waals surface area contributed by atoms with Crippen molar-refractivity contribution in [3.8, 4) is 22.7 Å². The lowest BCUT2D eigenvalue weighted by atomic mass is 9.81. The predicted molar refractivity (Wildman–Crippen MR) is 513 cm³/mol. The van der Waals surface area contributed by atoms with E-state index in [-0.39, 0.29) is 114 Å². The molecule has 4 spiro atoms. The Morgan fingerprint density at radius 2 is 0.608 bits per heavy atom. The number of nitrogens with one attached hydrogen (secondary N) is 6. The number of carbonyl (C=O) groups is 4. The summed E-state index contributed by atoms with van der Waals surface area (Å²) in [6.07, 6.45) is 6.56. The molecule has 8 fully saturated rings. The van der Waals surface area contributed by atoms with Crippen LogP contribution in [0.5, 0.6) is 0 Å². The Kier molecular flexibility index (Phi) is 26.7. The van der Waals surface area contributed by atoms with Gasteiger partial charge in [0.25, 0.3) is 0 Å². The minimum absolute atomic E-state index is 0.0472. The van der Waals surface area contributed by atoms with E-state index in [9.17, 15) is 58.7 Å². The van der Waals surface area contributed by atoms with Crippen LogP contribution >= 0.6 is 11.6 Å². The molecule has 12 aromatic rings. The van der Waals surface area contributed by atoms with Gasteiger partial charge in [0.05, 0.1) is 166 Å². The smallest absolute Gasteiger partial charge is 0.376 e. The summed E-state index contributed by atoms with van der Waals surface area (Å²) >= 11 is 5.98. The molecule has 8 amide bonds. The van der Waals surface area contributed by atoms with E-state index >= 15 is 0 Å². The van der Waals surface area contributed by atoms with Crippen molar-refractivity contribution in [2.24, 2.45) is 23.7 Å². The molecule has 0 aliphatic carbocycles. The summed E-state index contributed by atoms with van der Waals surface area (Å²) < 4.78 is 168. The molecule has 0 radical (unpaired) electrons. The average molecular weight is 2000 g/mol. The van der Waals surface area contributed by atoms with Gasteiger partial charge in [-0.15, -0.1) is 0 Å². The van der Waals surface area contributed by atoms with Gasteiger partial charge in [0.2, 0.25) is 23.8 Å². The highest BCUT2D eigenvalue weighted by Gasteiger charge is 2.64. The minimum atomic E-state index is -4.42. The van der Waals surface area contributed by atoms with Crippen molar-refractivity contribution in [2.45, 2.75) is 172 Å². The van der Waals surface area contributed by atoms with Gasteiger partial charge in [0, 0.05) is 95.5 Å². The van der Waals surface area contributed by atoms with Gasteiger partial charge in [-0.1, -0.05) is 67.0 Å². The van der Waals surface area contributed by atoms with E-state index in [4.69, 9.17) is 34.7 Å². The number of benzene rings is 4. The number of alkyl halides is 9. The van der Waals surface area contributed by atoms with Crippen LogP contribution in [0.15, 0.2) is 196 Å². The second kappa shape index (κ2) is 39.6. The monoisotopic (exact) mass is 2000 g/mol. The molecule has 0 saturated carbocycles. The van der Waals surface area contributed by atoms with Crippen LogP contribution in [-0.2, 0) is 37.5 Å². The first kappa shape index (κ1) is 96.3. The zero-order valence-corrected chi connectivity index (χ0v) is 80.7. The van der Waals surface area contributed by atoms with Crippen molar-refractivity contribution in [1.82, 2.24) is 98.5 Å². The highest BCUT2D eigenvalue weighted by atomic mass is 35.5. The molecular formula is C97H108ClF9N28O8. The van der Waals surface area contributed by atoms with Crippen LogP contribution in [0.3, 0.4) is 0 Å². The van der Waals surface area contributed by atoms with Crippen molar-refractivity contribution in [1.29, 1.82) is 0 Å². The van der Waals surface area contributed by atoms with E-state index in [1.807, 2.05) is 76.6 Å².